The third kappa shape index (κ3) is 4.59. The minimum atomic E-state index is -1.03. The fourth-order valence-electron chi connectivity index (χ4n) is 1.11. The lowest BCUT2D eigenvalue weighted by atomic mass is 10.5. The maximum absolute atomic E-state index is 10.5. The highest BCUT2D eigenvalue weighted by atomic mass is 79.9. The van der Waals surface area contributed by atoms with E-state index in [1.165, 1.54) is 0 Å². The molecule has 6 heteroatoms. The van der Waals surface area contributed by atoms with Crippen LogP contribution in [0, 0.1) is 0 Å². The number of aldehydes is 1. The van der Waals surface area contributed by atoms with Crippen molar-refractivity contribution in [2.45, 2.75) is 32.3 Å². The molecule has 90 valence electrons. The first-order chi connectivity index (χ1) is 7.42. The van der Waals surface area contributed by atoms with Gasteiger partial charge in [0.15, 0.2) is 12.1 Å². The van der Waals surface area contributed by atoms with Gasteiger partial charge >= 0.3 is 0 Å². The Labute approximate surface area is 105 Å². The second-order valence-electron chi connectivity index (χ2n) is 4.87. The molecule has 0 spiro atoms. The molecule has 1 heterocycles. The molecule has 0 amide bonds. The van der Waals surface area contributed by atoms with Gasteiger partial charge in [0.1, 0.15) is 4.60 Å². The zero-order chi connectivity index (χ0) is 12.2. The zero-order valence-corrected chi connectivity index (χ0v) is 12.4. The van der Waals surface area contributed by atoms with Crippen molar-refractivity contribution in [3.8, 4) is 0 Å². The number of carbonyl (C=O) groups is 1. The Kier molecular flexibility index (Phi) is 4.88. The summed E-state index contributed by atoms with van der Waals surface area (Å²) in [6.07, 6.45) is 0.691. The highest BCUT2D eigenvalue weighted by Gasteiger charge is 2.13. The van der Waals surface area contributed by atoms with E-state index in [0.717, 1.165) is 18.3 Å². The Hall–Kier alpha value is -0.463. The molecular weight excluding hydrogens is 288 g/mol. The highest BCUT2D eigenvalue weighted by molar-refractivity contribution is 9.10. The maximum atomic E-state index is 10.5. The average Bonchev–Trinajstić information content (AvgIpc) is 2.53. The lowest BCUT2D eigenvalue weighted by Crippen LogP contribution is -2.21. The molecule has 4 nitrogen and oxygen atoms in total. The van der Waals surface area contributed by atoms with E-state index < -0.39 is 8.07 Å². The minimum Gasteiger partial charge on any atom is -0.375 e. The predicted molar refractivity (Wildman–Crippen MR) is 69.5 cm³/mol. The Morgan fingerprint density at radius 1 is 1.50 bits per heavy atom. The van der Waals surface area contributed by atoms with E-state index >= 15 is 0 Å². The van der Waals surface area contributed by atoms with Crippen molar-refractivity contribution in [2.75, 3.05) is 6.61 Å². The van der Waals surface area contributed by atoms with Crippen molar-refractivity contribution in [1.29, 1.82) is 0 Å². The maximum Gasteiger partial charge on any atom is 0.185 e. The Bertz CT molecular complexity index is 360. The summed E-state index contributed by atoms with van der Waals surface area (Å²) in [5.41, 5.74) is 0.817. The number of carbonyl (C=O) groups excluding carboxylic acids is 1. The van der Waals surface area contributed by atoms with Crippen LogP contribution in [0.5, 0.6) is 0 Å². The van der Waals surface area contributed by atoms with Crippen molar-refractivity contribution in [3.63, 3.8) is 0 Å². The quantitative estimate of drug-likeness (QED) is 0.499. The number of H-pyrrole nitrogens is 1. The standard InChI is InChI=1S/C10H17BrN2O2Si/c1-16(2,3)5-4-15-7-8-10(11)13-9(6-14)12-8/h6H,4-5,7H2,1-3H3,(H,12,13). The van der Waals surface area contributed by atoms with Crippen LogP contribution in [0.2, 0.25) is 25.7 Å². The molecule has 0 aliphatic carbocycles. The predicted octanol–water partition coefficient (Wildman–Crippen LogP) is 2.84. The van der Waals surface area contributed by atoms with Gasteiger partial charge in [0.25, 0.3) is 0 Å². The number of hydrogen-bond acceptors (Lipinski definition) is 3. The molecule has 0 aliphatic rings. The van der Waals surface area contributed by atoms with Gasteiger partial charge in [-0.1, -0.05) is 19.6 Å². The van der Waals surface area contributed by atoms with Gasteiger partial charge in [-0.2, -0.15) is 0 Å². The van der Waals surface area contributed by atoms with Crippen molar-refractivity contribution in [2.24, 2.45) is 0 Å². The topological polar surface area (TPSA) is 55.0 Å². The van der Waals surface area contributed by atoms with Crippen molar-refractivity contribution < 1.29 is 9.53 Å². The molecule has 1 N–H and O–H groups in total. The number of rotatable bonds is 6. The van der Waals surface area contributed by atoms with Gasteiger partial charge in [-0.3, -0.25) is 4.79 Å². The summed E-state index contributed by atoms with van der Waals surface area (Å²) >= 11 is 3.28. The fraction of sp³-hybridized carbons (Fsp3) is 0.600. The molecule has 1 rings (SSSR count). The molecule has 0 unspecified atom stereocenters. The van der Waals surface area contributed by atoms with Gasteiger partial charge in [-0.25, -0.2) is 4.98 Å². The summed E-state index contributed by atoms with van der Waals surface area (Å²) in [6.45, 7) is 8.16. The summed E-state index contributed by atoms with van der Waals surface area (Å²) < 4.78 is 6.21. The van der Waals surface area contributed by atoms with Crippen LogP contribution in [-0.2, 0) is 11.3 Å². The van der Waals surface area contributed by atoms with Crippen LogP contribution in [-0.4, -0.2) is 30.9 Å². The summed E-state index contributed by atoms with van der Waals surface area (Å²) in [5, 5.41) is 0. The van der Waals surface area contributed by atoms with Gasteiger partial charge in [-0.15, -0.1) is 0 Å². The number of imidazole rings is 1. The summed E-state index contributed by atoms with van der Waals surface area (Å²) in [7, 11) is -1.03. The summed E-state index contributed by atoms with van der Waals surface area (Å²) in [6, 6.07) is 1.14. The Balaban J connectivity index is 2.37. The first-order valence-corrected chi connectivity index (χ1v) is 9.70. The van der Waals surface area contributed by atoms with Crippen LogP contribution in [0.1, 0.15) is 16.3 Å². The number of nitrogens with zero attached hydrogens (tertiary/aromatic N) is 1. The molecule has 1 aromatic heterocycles. The van der Waals surface area contributed by atoms with Crippen LogP contribution < -0.4 is 0 Å². The molecule has 1 aromatic rings. The third-order valence-corrected chi connectivity index (χ3v) is 4.46. The first-order valence-electron chi connectivity index (χ1n) is 5.20. The molecule has 0 aromatic carbocycles. The number of halogens is 1. The molecule has 0 saturated heterocycles. The van der Waals surface area contributed by atoms with Crippen LogP contribution in [0.3, 0.4) is 0 Å². The van der Waals surface area contributed by atoms with Crippen LogP contribution in [0.4, 0.5) is 0 Å². The normalized spacial score (nSPS) is 11.8. The van der Waals surface area contributed by atoms with E-state index in [0.29, 0.717) is 23.3 Å². The SMILES string of the molecule is C[Si](C)(C)CCOCc1[nH]c(C=O)nc1Br. The molecule has 16 heavy (non-hydrogen) atoms. The van der Waals surface area contributed by atoms with Gasteiger partial charge < -0.3 is 9.72 Å². The molecular formula is C10H17BrN2O2Si. The number of aromatic nitrogens is 2. The van der Waals surface area contributed by atoms with Crippen molar-refractivity contribution >= 4 is 30.3 Å². The third-order valence-electron chi connectivity index (χ3n) is 2.10. The molecule has 0 saturated carbocycles. The fourth-order valence-corrected chi connectivity index (χ4v) is 2.27. The van der Waals surface area contributed by atoms with Gasteiger partial charge in [0, 0.05) is 14.7 Å². The van der Waals surface area contributed by atoms with Crippen LogP contribution in [0.25, 0.3) is 0 Å². The largest absolute Gasteiger partial charge is 0.375 e. The van der Waals surface area contributed by atoms with Crippen molar-refractivity contribution in [3.05, 3.63) is 16.1 Å². The summed E-state index contributed by atoms with van der Waals surface area (Å²) in [4.78, 5) is 17.4. The lowest BCUT2D eigenvalue weighted by Gasteiger charge is -2.15. The number of ether oxygens (including phenoxy) is 1. The van der Waals surface area contributed by atoms with Gasteiger partial charge in [0.05, 0.1) is 12.3 Å². The van der Waals surface area contributed by atoms with Crippen molar-refractivity contribution in [1.82, 2.24) is 9.97 Å². The molecule has 0 bridgehead atoms. The monoisotopic (exact) mass is 304 g/mol. The van der Waals surface area contributed by atoms with E-state index in [9.17, 15) is 4.79 Å². The van der Waals surface area contributed by atoms with E-state index in [-0.39, 0.29) is 0 Å². The molecule has 0 atom stereocenters. The summed E-state index contributed by atoms with van der Waals surface area (Å²) in [5.74, 6) is 0.329. The smallest absolute Gasteiger partial charge is 0.185 e. The molecule has 0 aliphatic heterocycles. The highest BCUT2D eigenvalue weighted by Crippen LogP contribution is 2.15. The minimum absolute atomic E-state index is 0.329. The first kappa shape index (κ1) is 13.6. The Morgan fingerprint density at radius 3 is 2.69 bits per heavy atom. The number of nitrogens with one attached hydrogen (secondary N) is 1. The molecule has 0 radical (unpaired) electrons. The van der Waals surface area contributed by atoms with E-state index in [4.69, 9.17) is 4.74 Å². The van der Waals surface area contributed by atoms with E-state index in [2.05, 4.69) is 45.5 Å². The van der Waals surface area contributed by atoms with E-state index in [1.54, 1.807) is 0 Å². The lowest BCUT2D eigenvalue weighted by molar-refractivity contribution is 0.111. The van der Waals surface area contributed by atoms with Gasteiger partial charge in [0.2, 0.25) is 0 Å². The average molecular weight is 305 g/mol. The Morgan fingerprint density at radius 2 is 2.19 bits per heavy atom. The second kappa shape index (κ2) is 5.74. The van der Waals surface area contributed by atoms with Gasteiger partial charge in [-0.05, 0) is 22.0 Å². The van der Waals surface area contributed by atoms with Crippen LogP contribution in [0.15, 0.2) is 4.60 Å². The van der Waals surface area contributed by atoms with Crippen LogP contribution >= 0.6 is 15.9 Å². The second-order valence-corrected chi connectivity index (χ2v) is 11.2. The number of aromatic amines is 1. The van der Waals surface area contributed by atoms with E-state index in [1.807, 2.05) is 0 Å². The molecule has 0 fully saturated rings. The zero-order valence-electron chi connectivity index (χ0n) is 9.84. The number of hydrogen-bond donors (Lipinski definition) is 1.